The van der Waals surface area contributed by atoms with Gasteiger partial charge in [0.15, 0.2) is 0 Å². The van der Waals surface area contributed by atoms with Crippen LogP contribution in [-0.2, 0) is 10.0 Å². The molecule has 0 heterocycles. The largest absolute Gasteiger partial charge is 0.212 e. The third kappa shape index (κ3) is 4.70. The Balaban J connectivity index is 1.94. The smallest absolute Gasteiger partial charge is 0.212 e. The Hall–Kier alpha value is 0.390. The maximum absolute atomic E-state index is 12.5. The van der Waals surface area contributed by atoms with E-state index in [1.807, 2.05) is 0 Å². The first kappa shape index (κ1) is 16.8. The third-order valence-electron chi connectivity index (χ3n) is 5.04. The van der Waals surface area contributed by atoms with Gasteiger partial charge >= 0.3 is 0 Å². The molecule has 20 heavy (non-hydrogen) atoms. The van der Waals surface area contributed by atoms with Crippen LogP contribution in [0.2, 0.25) is 0 Å². The molecule has 0 saturated heterocycles. The van der Waals surface area contributed by atoms with Crippen molar-refractivity contribution < 1.29 is 8.42 Å². The topological polar surface area (TPSA) is 46.2 Å². The number of sulfonamides is 1. The Bertz CT molecular complexity index is 396. The molecule has 3 nitrogen and oxygen atoms in total. The van der Waals surface area contributed by atoms with Gasteiger partial charge in [-0.25, -0.2) is 13.1 Å². The zero-order valence-corrected chi connectivity index (χ0v) is 14.9. The van der Waals surface area contributed by atoms with E-state index in [1.165, 1.54) is 19.3 Å². The normalized spacial score (nSPS) is 33.2. The summed E-state index contributed by atoms with van der Waals surface area (Å²) in [7, 11) is -3.15. The summed E-state index contributed by atoms with van der Waals surface area (Å²) in [4.78, 5) is 0. The number of nitrogens with one attached hydrogen (secondary N) is 1. The molecule has 0 bridgehead atoms. The lowest BCUT2D eigenvalue weighted by Gasteiger charge is -2.39. The minimum absolute atomic E-state index is 0.236. The highest BCUT2D eigenvalue weighted by Gasteiger charge is 2.37. The fourth-order valence-corrected chi connectivity index (χ4v) is 6.47. The summed E-state index contributed by atoms with van der Waals surface area (Å²) in [5.41, 5.74) is -0.236. The highest BCUT2D eigenvalue weighted by atomic mass is 79.9. The lowest BCUT2D eigenvalue weighted by molar-refractivity contribution is 0.249. The van der Waals surface area contributed by atoms with Crippen molar-refractivity contribution in [2.75, 3.05) is 11.1 Å². The summed E-state index contributed by atoms with van der Waals surface area (Å²) < 4.78 is 28.0. The molecule has 0 aromatic carbocycles. The summed E-state index contributed by atoms with van der Waals surface area (Å²) in [6.45, 7) is 2.26. The first-order valence-corrected chi connectivity index (χ1v) is 10.8. The highest BCUT2D eigenvalue weighted by molar-refractivity contribution is 9.09. The van der Waals surface area contributed by atoms with E-state index in [0.29, 0.717) is 11.7 Å². The van der Waals surface area contributed by atoms with Crippen LogP contribution in [0, 0.1) is 11.8 Å². The predicted octanol–water partition coefficient (Wildman–Crippen LogP) is 3.83. The van der Waals surface area contributed by atoms with Gasteiger partial charge in [-0.2, -0.15) is 0 Å². The van der Waals surface area contributed by atoms with Gasteiger partial charge in [-0.1, -0.05) is 42.1 Å². The second kappa shape index (κ2) is 7.10. The van der Waals surface area contributed by atoms with Gasteiger partial charge in [-0.15, -0.1) is 0 Å². The number of hydrogen-bond donors (Lipinski definition) is 1. The third-order valence-corrected chi connectivity index (χ3v) is 7.77. The molecule has 2 saturated carbocycles. The van der Waals surface area contributed by atoms with E-state index in [1.54, 1.807) is 0 Å². The van der Waals surface area contributed by atoms with Crippen molar-refractivity contribution in [2.24, 2.45) is 11.8 Å². The molecule has 0 aromatic rings. The second-order valence-electron chi connectivity index (χ2n) is 6.98. The standard InChI is InChI=1S/C15H28BrNO2S/c1-13-7-9-15(12-16,10-8-13)17-20(18,19)11-14-5-3-2-4-6-14/h13-14,17H,2-12H2,1H3. The van der Waals surface area contributed by atoms with E-state index in [-0.39, 0.29) is 5.54 Å². The molecule has 1 N–H and O–H groups in total. The predicted molar refractivity (Wildman–Crippen MR) is 87.7 cm³/mol. The van der Waals surface area contributed by atoms with Gasteiger partial charge in [-0.05, 0) is 50.4 Å². The molecule has 0 amide bonds. The van der Waals surface area contributed by atoms with Crippen LogP contribution in [0.4, 0.5) is 0 Å². The summed E-state index contributed by atoms with van der Waals surface area (Å²) >= 11 is 3.54. The van der Waals surface area contributed by atoms with E-state index in [4.69, 9.17) is 0 Å². The van der Waals surface area contributed by atoms with E-state index in [2.05, 4.69) is 27.6 Å². The molecular weight excluding hydrogens is 338 g/mol. The summed E-state index contributed by atoms with van der Waals surface area (Å²) in [5, 5.41) is 0.733. The van der Waals surface area contributed by atoms with Crippen LogP contribution < -0.4 is 4.72 Å². The molecule has 0 aromatic heterocycles. The molecule has 0 radical (unpaired) electrons. The Labute approximate surface area is 132 Å². The first-order chi connectivity index (χ1) is 9.45. The molecule has 5 heteroatoms. The molecule has 0 unspecified atom stereocenters. The minimum Gasteiger partial charge on any atom is -0.212 e. The van der Waals surface area contributed by atoms with Gasteiger partial charge in [0.05, 0.1) is 5.75 Å². The molecule has 0 aliphatic heterocycles. The molecule has 2 aliphatic carbocycles. The quantitative estimate of drug-likeness (QED) is 0.752. The summed E-state index contributed by atoms with van der Waals surface area (Å²) in [5.74, 6) is 1.43. The molecule has 2 aliphatic rings. The zero-order valence-electron chi connectivity index (χ0n) is 12.5. The van der Waals surface area contributed by atoms with Gasteiger partial charge in [0, 0.05) is 10.9 Å². The Morgan fingerprint density at radius 3 is 2.25 bits per heavy atom. The van der Waals surface area contributed by atoms with Crippen LogP contribution in [0.25, 0.3) is 0 Å². The van der Waals surface area contributed by atoms with E-state index in [9.17, 15) is 8.42 Å². The number of halogens is 1. The van der Waals surface area contributed by atoms with Gasteiger partial charge < -0.3 is 0 Å². The van der Waals surface area contributed by atoms with E-state index < -0.39 is 10.0 Å². The van der Waals surface area contributed by atoms with Crippen molar-refractivity contribution >= 4 is 26.0 Å². The minimum atomic E-state index is -3.15. The van der Waals surface area contributed by atoms with E-state index >= 15 is 0 Å². The molecular formula is C15H28BrNO2S. The van der Waals surface area contributed by atoms with Crippen molar-refractivity contribution in [1.29, 1.82) is 0 Å². The summed E-state index contributed by atoms with van der Waals surface area (Å²) in [6, 6.07) is 0. The van der Waals surface area contributed by atoms with Crippen LogP contribution >= 0.6 is 15.9 Å². The first-order valence-electron chi connectivity index (χ1n) is 8.02. The van der Waals surface area contributed by atoms with Crippen LogP contribution in [-0.4, -0.2) is 25.0 Å². The van der Waals surface area contributed by atoms with Crippen LogP contribution in [0.3, 0.4) is 0 Å². The maximum atomic E-state index is 12.5. The Morgan fingerprint density at radius 1 is 1.10 bits per heavy atom. The van der Waals surface area contributed by atoms with Gasteiger partial charge in [0.1, 0.15) is 0 Å². The number of alkyl halides is 1. The van der Waals surface area contributed by atoms with Crippen molar-refractivity contribution in [3.63, 3.8) is 0 Å². The average molecular weight is 366 g/mol. The van der Waals surface area contributed by atoms with Gasteiger partial charge in [0.2, 0.25) is 10.0 Å². The highest BCUT2D eigenvalue weighted by Crippen LogP contribution is 2.34. The summed E-state index contributed by atoms with van der Waals surface area (Å²) in [6.07, 6.45) is 10.00. The van der Waals surface area contributed by atoms with Crippen LogP contribution in [0.5, 0.6) is 0 Å². The monoisotopic (exact) mass is 365 g/mol. The second-order valence-corrected chi connectivity index (χ2v) is 9.31. The molecule has 0 atom stereocenters. The SMILES string of the molecule is CC1CCC(CBr)(NS(=O)(=O)CC2CCCCC2)CC1. The zero-order chi connectivity index (χ0) is 14.6. The van der Waals surface area contributed by atoms with E-state index in [0.717, 1.165) is 49.8 Å². The van der Waals surface area contributed by atoms with Crippen molar-refractivity contribution in [1.82, 2.24) is 4.72 Å². The lowest BCUT2D eigenvalue weighted by Crippen LogP contribution is -2.53. The van der Waals surface area contributed by atoms with Gasteiger partial charge in [0.25, 0.3) is 0 Å². The number of rotatable bonds is 5. The maximum Gasteiger partial charge on any atom is 0.212 e. The Kier molecular flexibility index (Phi) is 5.95. The molecule has 2 rings (SSSR count). The molecule has 118 valence electrons. The number of hydrogen-bond acceptors (Lipinski definition) is 2. The molecule has 0 spiro atoms. The fraction of sp³-hybridized carbons (Fsp3) is 1.00. The van der Waals surface area contributed by atoms with Crippen molar-refractivity contribution in [2.45, 2.75) is 70.3 Å². The average Bonchev–Trinajstić information content (AvgIpc) is 2.42. The van der Waals surface area contributed by atoms with Gasteiger partial charge in [-0.3, -0.25) is 0 Å². The van der Waals surface area contributed by atoms with Crippen LogP contribution in [0.15, 0.2) is 0 Å². The fourth-order valence-electron chi connectivity index (χ4n) is 3.61. The Morgan fingerprint density at radius 2 is 1.70 bits per heavy atom. The lowest BCUT2D eigenvalue weighted by atomic mass is 9.79. The van der Waals surface area contributed by atoms with Crippen molar-refractivity contribution in [3.05, 3.63) is 0 Å². The van der Waals surface area contributed by atoms with Crippen molar-refractivity contribution in [3.8, 4) is 0 Å². The van der Waals surface area contributed by atoms with Crippen LogP contribution in [0.1, 0.15) is 64.7 Å². The molecule has 2 fully saturated rings.